The number of nitrogens with two attached hydrogens (primary N) is 1. The smallest absolute Gasteiger partial charge is 0.323 e. The molecule has 2 heterocycles. The van der Waals surface area contributed by atoms with E-state index >= 15 is 0 Å². The van der Waals surface area contributed by atoms with Gasteiger partial charge in [-0.05, 0) is 12.1 Å². The largest absolute Gasteiger partial charge is 0.351 e. The molecular weight excluding hydrogens is 475 g/mol. The Balaban J connectivity index is 1.53. The van der Waals surface area contributed by atoms with Gasteiger partial charge in [0.25, 0.3) is 5.92 Å². The van der Waals surface area contributed by atoms with E-state index in [1.807, 2.05) is 0 Å². The van der Waals surface area contributed by atoms with Gasteiger partial charge >= 0.3 is 12.1 Å². The van der Waals surface area contributed by atoms with Gasteiger partial charge in [-0.25, -0.2) is 22.8 Å². The van der Waals surface area contributed by atoms with Crippen LogP contribution in [0.4, 0.5) is 28.4 Å². The second-order valence-electron chi connectivity index (χ2n) is 7.83. The predicted molar refractivity (Wildman–Crippen MR) is 119 cm³/mol. The minimum Gasteiger partial charge on any atom is -0.351 e. The molecule has 0 unspecified atom stereocenters. The molecule has 1 atom stereocenters. The predicted octanol–water partition coefficient (Wildman–Crippen LogP) is 3.92. The molecule has 0 spiro atoms. The molecule has 0 bridgehead atoms. The highest BCUT2D eigenvalue weighted by Gasteiger charge is 2.50. The average Bonchev–Trinajstić information content (AvgIpc) is 3.32. The van der Waals surface area contributed by atoms with Crippen LogP contribution >= 0.6 is 11.6 Å². The van der Waals surface area contributed by atoms with Gasteiger partial charge < -0.3 is 21.3 Å². The topological polar surface area (TPSA) is 109 Å². The Hall–Kier alpha value is -3.73. The number of benzene rings is 2. The van der Waals surface area contributed by atoms with Gasteiger partial charge in [0, 0.05) is 30.1 Å². The third kappa shape index (κ3) is 4.51. The van der Waals surface area contributed by atoms with E-state index in [-0.39, 0.29) is 22.8 Å². The number of rotatable bonds is 4. The number of alkyl halides is 2. The van der Waals surface area contributed by atoms with Crippen LogP contribution in [0.3, 0.4) is 0 Å². The van der Waals surface area contributed by atoms with E-state index in [0.29, 0.717) is 15.8 Å². The first-order valence-electron chi connectivity index (χ1n) is 10.1. The Morgan fingerprint density at radius 3 is 2.62 bits per heavy atom. The van der Waals surface area contributed by atoms with Crippen LogP contribution in [-0.2, 0) is 11.3 Å². The molecule has 0 radical (unpaired) electrons. The first-order valence-corrected chi connectivity index (χ1v) is 10.5. The van der Waals surface area contributed by atoms with Gasteiger partial charge in [0.15, 0.2) is 0 Å². The molecule has 8 nitrogen and oxygen atoms in total. The zero-order valence-corrected chi connectivity index (χ0v) is 18.3. The number of urea groups is 1. The van der Waals surface area contributed by atoms with Crippen molar-refractivity contribution in [3.8, 4) is 0 Å². The fourth-order valence-electron chi connectivity index (χ4n) is 3.90. The van der Waals surface area contributed by atoms with Crippen LogP contribution in [0.15, 0.2) is 48.7 Å². The van der Waals surface area contributed by atoms with Crippen molar-refractivity contribution in [2.45, 2.75) is 24.9 Å². The summed E-state index contributed by atoms with van der Waals surface area (Å²) in [5.74, 6) is -4.91. The number of anilines is 1. The summed E-state index contributed by atoms with van der Waals surface area (Å²) in [6, 6.07) is 7.51. The second-order valence-corrected chi connectivity index (χ2v) is 8.24. The number of halogens is 4. The Labute approximate surface area is 196 Å². The number of fused-ring (bicyclic) bond motifs is 1. The minimum absolute atomic E-state index is 0.0702. The zero-order valence-electron chi connectivity index (χ0n) is 17.5. The van der Waals surface area contributed by atoms with Crippen LogP contribution in [0.25, 0.3) is 10.9 Å². The molecule has 1 fully saturated rings. The molecule has 178 valence electrons. The average molecular weight is 494 g/mol. The standard InChI is InChI=1S/C22H19ClF3N5O3/c23-14-6-3-4-12(18(14)24)9-28-19(32)17-8-22(25,26)11-31(17)21(34)29-15-10-30(20(27)33)16-7-2-1-5-13(15)16/h1-7,10,17H,8-9,11H2,(H2,27,33)(H,28,32)(H,29,34)/t17-/m0/s1. The molecule has 1 aliphatic heterocycles. The molecule has 4 N–H and O–H groups in total. The van der Waals surface area contributed by atoms with Crippen molar-refractivity contribution in [3.05, 3.63) is 65.1 Å². The molecule has 0 aliphatic carbocycles. The summed E-state index contributed by atoms with van der Waals surface area (Å²) < 4.78 is 43.6. The molecule has 0 saturated carbocycles. The Bertz CT molecular complexity index is 1300. The quantitative estimate of drug-likeness (QED) is 0.512. The number of primary amides is 1. The number of nitrogens with zero attached hydrogens (tertiary/aromatic N) is 2. The first-order chi connectivity index (χ1) is 16.1. The Morgan fingerprint density at radius 1 is 1.15 bits per heavy atom. The van der Waals surface area contributed by atoms with E-state index in [4.69, 9.17) is 17.3 Å². The van der Waals surface area contributed by atoms with Crippen molar-refractivity contribution in [2.75, 3.05) is 11.9 Å². The SMILES string of the molecule is NC(=O)n1cc(NC(=O)N2CC(F)(F)C[C@H]2C(=O)NCc2cccc(Cl)c2F)c2ccccc21. The maximum Gasteiger partial charge on any atom is 0.323 e. The van der Waals surface area contributed by atoms with Crippen LogP contribution in [0.1, 0.15) is 12.0 Å². The molecule has 4 amide bonds. The fraction of sp³-hybridized carbons (Fsp3) is 0.227. The zero-order chi connectivity index (χ0) is 24.6. The highest BCUT2D eigenvalue weighted by Crippen LogP contribution is 2.33. The maximum atomic E-state index is 14.2. The van der Waals surface area contributed by atoms with E-state index < -0.39 is 48.7 Å². The summed E-state index contributed by atoms with van der Waals surface area (Å²) in [6.07, 6.45) is 0.378. The van der Waals surface area contributed by atoms with E-state index in [1.54, 1.807) is 24.3 Å². The van der Waals surface area contributed by atoms with Crippen LogP contribution in [0, 0.1) is 5.82 Å². The number of amides is 4. The third-order valence-electron chi connectivity index (χ3n) is 5.51. The highest BCUT2D eigenvalue weighted by atomic mass is 35.5. The van der Waals surface area contributed by atoms with Gasteiger partial charge in [0.2, 0.25) is 5.91 Å². The summed E-state index contributed by atoms with van der Waals surface area (Å²) >= 11 is 5.72. The van der Waals surface area contributed by atoms with Gasteiger partial charge in [-0.15, -0.1) is 0 Å². The number of carbonyl (C=O) groups is 3. The molecule has 12 heteroatoms. The summed E-state index contributed by atoms with van der Waals surface area (Å²) in [4.78, 5) is 38.0. The van der Waals surface area contributed by atoms with E-state index in [2.05, 4.69) is 10.6 Å². The Morgan fingerprint density at radius 2 is 1.88 bits per heavy atom. The molecular formula is C22H19ClF3N5O3. The minimum atomic E-state index is -3.30. The Kier molecular flexibility index (Phi) is 6.13. The fourth-order valence-corrected chi connectivity index (χ4v) is 4.09. The molecule has 2 aromatic carbocycles. The van der Waals surface area contributed by atoms with Gasteiger partial charge in [0.1, 0.15) is 11.9 Å². The summed E-state index contributed by atoms with van der Waals surface area (Å²) in [5.41, 5.74) is 6.00. The van der Waals surface area contributed by atoms with Crippen LogP contribution < -0.4 is 16.4 Å². The van der Waals surface area contributed by atoms with Crippen molar-refractivity contribution in [2.24, 2.45) is 5.73 Å². The van der Waals surface area contributed by atoms with Gasteiger partial charge in [-0.3, -0.25) is 9.36 Å². The molecule has 1 saturated heterocycles. The summed E-state index contributed by atoms with van der Waals surface area (Å²) in [6.45, 7) is -1.29. The van der Waals surface area contributed by atoms with Crippen molar-refractivity contribution in [1.82, 2.24) is 14.8 Å². The molecule has 4 rings (SSSR count). The monoisotopic (exact) mass is 493 g/mol. The lowest BCUT2D eigenvalue weighted by molar-refractivity contribution is -0.125. The lowest BCUT2D eigenvalue weighted by Gasteiger charge is -2.23. The second kappa shape index (κ2) is 8.90. The lowest BCUT2D eigenvalue weighted by Crippen LogP contribution is -2.47. The number of likely N-dealkylation sites (tertiary alicyclic amines) is 1. The van der Waals surface area contributed by atoms with Crippen molar-refractivity contribution in [3.63, 3.8) is 0 Å². The van der Waals surface area contributed by atoms with Gasteiger partial charge in [0.05, 0.1) is 22.8 Å². The number of para-hydroxylation sites is 1. The van der Waals surface area contributed by atoms with E-state index in [1.165, 1.54) is 24.4 Å². The first kappa shape index (κ1) is 23.4. The highest BCUT2D eigenvalue weighted by molar-refractivity contribution is 6.30. The van der Waals surface area contributed by atoms with Crippen molar-refractivity contribution in [1.29, 1.82) is 0 Å². The lowest BCUT2D eigenvalue weighted by atomic mass is 10.1. The molecule has 34 heavy (non-hydrogen) atoms. The maximum absolute atomic E-state index is 14.2. The number of nitrogens with one attached hydrogen (secondary N) is 2. The van der Waals surface area contributed by atoms with Gasteiger partial charge in [-0.1, -0.05) is 41.9 Å². The third-order valence-corrected chi connectivity index (χ3v) is 5.80. The number of hydrogen-bond acceptors (Lipinski definition) is 3. The number of carbonyl (C=O) groups excluding carboxylic acids is 3. The normalized spacial score (nSPS) is 17.1. The van der Waals surface area contributed by atoms with Crippen LogP contribution in [-0.4, -0.2) is 45.9 Å². The number of aromatic nitrogens is 1. The van der Waals surface area contributed by atoms with Gasteiger partial charge in [-0.2, -0.15) is 0 Å². The van der Waals surface area contributed by atoms with E-state index in [0.717, 1.165) is 4.57 Å². The summed E-state index contributed by atoms with van der Waals surface area (Å²) in [7, 11) is 0. The number of hydrogen-bond donors (Lipinski definition) is 3. The molecule has 1 aliphatic rings. The molecule has 1 aromatic heterocycles. The van der Waals surface area contributed by atoms with Crippen LogP contribution in [0.2, 0.25) is 5.02 Å². The van der Waals surface area contributed by atoms with Crippen molar-refractivity contribution < 1.29 is 27.6 Å². The van der Waals surface area contributed by atoms with Crippen molar-refractivity contribution >= 4 is 46.2 Å². The van der Waals surface area contributed by atoms with Crippen LogP contribution in [0.5, 0.6) is 0 Å². The van der Waals surface area contributed by atoms with E-state index in [9.17, 15) is 27.6 Å². The molecule has 3 aromatic rings. The summed E-state index contributed by atoms with van der Waals surface area (Å²) in [5, 5.41) is 5.18.